The zero-order chi connectivity index (χ0) is 23.9. The summed E-state index contributed by atoms with van der Waals surface area (Å²) in [5.41, 5.74) is 0. The average molecular weight is 215 g/mol. The van der Waals surface area contributed by atoms with Crippen molar-refractivity contribution in [1.29, 1.82) is 0 Å². The highest BCUT2D eigenvalue weighted by Crippen LogP contribution is 2.05. The molecule has 0 N–H and O–H groups in total. The molecule has 0 aromatic heterocycles. The van der Waals surface area contributed by atoms with Crippen molar-refractivity contribution in [2.75, 3.05) is 6.61 Å². The lowest BCUT2D eigenvalue weighted by Crippen LogP contribution is -2.05. The molecular formula is C12H24O2. The van der Waals surface area contributed by atoms with E-state index in [1.165, 1.54) is 0 Å². The second-order valence-electron chi connectivity index (χ2n) is 2.24. The van der Waals surface area contributed by atoms with Gasteiger partial charge in [-0.1, -0.05) is 45.7 Å². The molecule has 0 aromatic carbocycles. The van der Waals surface area contributed by atoms with E-state index >= 15 is 0 Å². The lowest BCUT2D eigenvalue weighted by atomic mass is 10.1. The third kappa shape index (κ3) is 9.56. The predicted molar refractivity (Wildman–Crippen MR) is 59.2 cm³/mol. The lowest BCUT2D eigenvalue weighted by molar-refractivity contribution is -0.143. The number of rotatable bonds is 9. The van der Waals surface area contributed by atoms with E-state index in [4.69, 9.17) is 20.6 Å². The number of esters is 1. The number of ether oxygens (including phenoxy) is 1. The maximum Gasteiger partial charge on any atom is 0.305 e. The Morgan fingerprint density at radius 3 is 2.86 bits per heavy atom. The highest BCUT2D eigenvalue weighted by atomic mass is 16.5. The summed E-state index contributed by atoms with van der Waals surface area (Å²) in [6, 6.07) is 0. The maximum atomic E-state index is 12.0. The molecule has 2 nitrogen and oxygen atoms in total. The fourth-order valence-electron chi connectivity index (χ4n) is 0.521. The van der Waals surface area contributed by atoms with Crippen LogP contribution in [0.15, 0.2) is 0 Å². The van der Waals surface area contributed by atoms with Crippen molar-refractivity contribution in [3.63, 3.8) is 0 Å². The minimum absolute atomic E-state index is 0.292. The molecule has 0 spiro atoms. The van der Waals surface area contributed by atoms with Gasteiger partial charge < -0.3 is 4.74 Å². The van der Waals surface area contributed by atoms with Gasteiger partial charge in [-0.2, -0.15) is 0 Å². The Bertz CT molecular complexity index is 593. The molecule has 0 heterocycles. The highest BCUT2D eigenvalue weighted by Gasteiger charge is 2.01. The third-order valence-electron chi connectivity index (χ3n) is 1.15. The van der Waals surface area contributed by atoms with Gasteiger partial charge in [0.25, 0.3) is 0 Å². The Kier molecular flexibility index (Phi) is 2.09. The van der Waals surface area contributed by atoms with Crippen molar-refractivity contribution in [1.82, 2.24) is 0 Å². The molecule has 0 aliphatic heterocycles. The third-order valence-corrected chi connectivity index (χ3v) is 1.15. The minimum Gasteiger partial charge on any atom is -0.466 e. The number of unbranched alkanes of at least 4 members (excludes halogenated alkanes) is 1. The number of hydrogen-bond acceptors (Lipinski definition) is 2. The number of hydrogen-bond donors (Lipinski definition) is 0. The Morgan fingerprint density at radius 1 is 1.36 bits per heavy atom. The summed E-state index contributed by atoms with van der Waals surface area (Å²) in [4.78, 5) is 12.0. The molecule has 0 saturated carbocycles. The number of carbonyl (C=O) groups is 1. The van der Waals surface area contributed by atoms with Gasteiger partial charge >= 0.3 is 5.97 Å². The van der Waals surface area contributed by atoms with Crippen molar-refractivity contribution >= 4 is 5.97 Å². The van der Waals surface area contributed by atoms with E-state index in [0.29, 0.717) is 12.8 Å². The van der Waals surface area contributed by atoms with Crippen LogP contribution in [0.4, 0.5) is 0 Å². The zero-order valence-electron chi connectivity index (χ0n) is 22.9. The molecule has 0 aliphatic carbocycles. The molecule has 2 heteroatoms. The van der Waals surface area contributed by atoms with Gasteiger partial charge in [0, 0.05) is 26.9 Å². The Morgan fingerprint density at radius 2 is 2.14 bits per heavy atom. The molecule has 0 rings (SSSR count). The second-order valence-corrected chi connectivity index (χ2v) is 2.24. The monoisotopic (exact) mass is 215 g/mol. The molecule has 0 aliphatic rings. The molecule has 0 fully saturated rings. The number of carbonyl (C=O) groups excluding carboxylic acids is 1. The minimum atomic E-state index is -4.24. The zero-order valence-corrected chi connectivity index (χ0v) is 7.94. The molecule has 0 radical (unpaired) electrons. The normalized spacial score (nSPS) is 33.1. The van der Waals surface area contributed by atoms with E-state index in [1.54, 1.807) is 6.92 Å². The molecule has 0 saturated heterocycles. The Hall–Kier alpha value is -0.530. The summed E-state index contributed by atoms with van der Waals surface area (Å²) < 4.78 is 118. The van der Waals surface area contributed by atoms with Crippen LogP contribution in [0.5, 0.6) is 0 Å². The Balaban J connectivity index is 6.32. The molecule has 0 atom stereocenters. The van der Waals surface area contributed by atoms with Gasteiger partial charge in [-0.25, -0.2) is 0 Å². The Labute approximate surface area is 109 Å². The second kappa shape index (κ2) is 10.6. The van der Waals surface area contributed by atoms with Crippen LogP contribution in [-0.4, -0.2) is 12.6 Å². The summed E-state index contributed by atoms with van der Waals surface area (Å²) >= 11 is 0. The fraction of sp³-hybridized carbons (Fsp3) is 0.917. The lowest BCUT2D eigenvalue weighted by Gasteiger charge is -2.03. The van der Waals surface area contributed by atoms with E-state index in [0.717, 1.165) is 0 Å². The van der Waals surface area contributed by atoms with Gasteiger partial charge in [0.1, 0.15) is 0 Å². The van der Waals surface area contributed by atoms with Crippen LogP contribution in [0.2, 0.25) is 0 Å². The van der Waals surface area contributed by atoms with Crippen LogP contribution in [0.1, 0.15) is 85.4 Å². The molecule has 0 amide bonds. The van der Waals surface area contributed by atoms with E-state index in [2.05, 4.69) is 4.74 Å². The van der Waals surface area contributed by atoms with E-state index in [-0.39, 0.29) is 6.61 Å². The van der Waals surface area contributed by atoms with Gasteiger partial charge in [-0.15, -0.1) is 0 Å². The van der Waals surface area contributed by atoms with Crippen LogP contribution in [0.25, 0.3) is 0 Å². The van der Waals surface area contributed by atoms with E-state index in [9.17, 15) is 4.79 Å². The van der Waals surface area contributed by atoms with Crippen molar-refractivity contribution in [3.8, 4) is 0 Å². The van der Waals surface area contributed by atoms with Crippen LogP contribution in [-0.2, 0) is 9.53 Å². The molecule has 0 bridgehead atoms. The van der Waals surface area contributed by atoms with Crippen molar-refractivity contribution in [2.24, 2.45) is 0 Å². The average Bonchev–Trinajstić information content (AvgIpc) is 2.52. The molecule has 0 unspecified atom stereocenters. The van der Waals surface area contributed by atoms with E-state index in [1.807, 2.05) is 0 Å². The molecular weight excluding hydrogens is 176 g/mol. The van der Waals surface area contributed by atoms with Crippen LogP contribution in [0, 0.1) is 0 Å². The van der Waals surface area contributed by atoms with Crippen LogP contribution < -0.4 is 0 Å². The van der Waals surface area contributed by atoms with Crippen LogP contribution >= 0.6 is 0 Å². The van der Waals surface area contributed by atoms with Gasteiger partial charge in [0.05, 0.1) is 6.61 Å². The molecule has 84 valence electrons. The summed E-state index contributed by atoms with van der Waals surface area (Å²) in [7, 11) is 0. The largest absolute Gasteiger partial charge is 0.466 e. The fourth-order valence-corrected chi connectivity index (χ4v) is 0.521. The van der Waals surface area contributed by atoms with Crippen molar-refractivity contribution in [3.05, 3.63) is 0 Å². The van der Waals surface area contributed by atoms with Crippen molar-refractivity contribution < 1.29 is 30.1 Å². The van der Waals surface area contributed by atoms with Gasteiger partial charge in [0.2, 0.25) is 0 Å². The summed E-state index contributed by atoms with van der Waals surface area (Å²) in [5.74, 6) is -1.85. The first-order valence-corrected chi connectivity index (χ1v) is 4.15. The quantitative estimate of drug-likeness (QED) is 0.433. The van der Waals surface area contributed by atoms with Crippen LogP contribution in [0.3, 0.4) is 0 Å². The summed E-state index contributed by atoms with van der Waals surface area (Å²) in [6.07, 6.45) is -23.7. The first kappa shape index (κ1) is 2.78. The topological polar surface area (TPSA) is 26.3 Å². The first-order valence-electron chi connectivity index (χ1n) is 11.7. The molecule has 14 heavy (non-hydrogen) atoms. The smallest absolute Gasteiger partial charge is 0.305 e. The maximum absolute atomic E-state index is 12.0. The SMILES string of the molecule is [2H]C([2H])([2H])C([2H])([2H])C([2H])([2H])C([2H])([2H])C([2H])([2H])C([2H])([2H])C([2H])([2H])C(=O)OCCCC. The summed E-state index contributed by atoms with van der Waals surface area (Å²) in [5, 5.41) is 0. The van der Waals surface area contributed by atoms with Gasteiger partial charge in [-0.3, -0.25) is 4.79 Å². The van der Waals surface area contributed by atoms with Gasteiger partial charge in [-0.05, 0) is 12.8 Å². The van der Waals surface area contributed by atoms with Gasteiger partial charge in [0.15, 0.2) is 0 Å². The van der Waals surface area contributed by atoms with Crippen molar-refractivity contribution in [2.45, 2.75) is 64.9 Å². The highest BCUT2D eigenvalue weighted by molar-refractivity contribution is 5.69. The standard InChI is InChI=1S/C12H24O2/c1-3-5-7-8-9-10-12(13)14-11-6-4-2/h3-11H2,1-2H3/i1D3,3D2,5D2,7D2,8D2,9D2,10D2. The first-order chi connectivity index (χ1) is 12.5. The predicted octanol–water partition coefficient (Wildman–Crippen LogP) is 3.69. The summed E-state index contributed by atoms with van der Waals surface area (Å²) in [6.45, 7) is -2.36. The van der Waals surface area contributed by atoms with E-state index < -0.39 is 51.1 Å². The molecule has 0 aromatic rings.